The summed E-state index contributed by atoms with van der Waals surface area (Å²) in [4.78, 5) is 9.59. The SMILES string of the molecule is Cc1cc(-c2ccccc2CN2CC3CC(C2)CN(c2nc4cc(Cl)ccc4o2)C3)ccc1F. The maximum absolute atomic E-state index is 13.8. The van der Waals surface area contributed by atoms with Gasteiger partial charge in [-0.15, -0.1) is 0 Å². The average Bonchev–Trinajstić information content (AvgIpc) is 3.24. The highest BCUT2D eigenvalue weighted by atomic mass is 35.5. The Labute approximate surface area is 204 Å². The molecule has 4 aromatic rings. The Morgan fingerprint density at radius 3 is 2.59 bits per heavy atom. The van der Waals surface area contributed by atoms with Crippen molar-refractivity contribution in [2.24, 2.45) is 11.8 Å². The van der Waals surface area contributed by atoms with Gasteiger partial charge >= 0.3 is 0 Å². The van der Waals surface area contributed by atoms with Gasteiger partial charge in [-0.1, -0.05) is 41.9 Å². The van der Waals surface area contributed by atoms with E-state index >= 15 is 0 Å². The number of fused-ring (bicyclic) bond motifs is 3. The van der Waals surface area contributed by atoms with Crippen LogP contribution < -0.4 is 4.90 Å². The van der Waals surface area contributed by atoms with Gasteiger partial charge in [0.2, 0.25) is 0 Å². The highest BCUT2D eigenvalue weighted by Crippen LogP contribution is 2.34. The van der Waals surface area contributed by atoms with Gasteiger partial charge in [0.15, 0.2) is 5.58 Å². The van der Waals surface area contributed by atoms with E-state index in [0.29, 0.717) is 28.4 Å². The first-order valence-corrected chi connectivity index (χ1v) is 12.3. The van der Waals surface area contributed by atoms with Crippen molar-refractivity contribution in [3.8, 4) is 11.1 Å². The van der Waals surface area contributed by atoms with Crippen LogP contribution in [0.1, 0.15) is 17.5 Å². The maximum atomic E-state index is 13.8. The van der Waals surface area contributed by atoms with Gasteiger partial charge < -0.3 is 9.32 Å². The summed E-state index contributed by atoms with van der Waals surface area (Å²) >= 11 is 6.12. The molecule has 3 heterocycles. The van der Waals surface area contributed by atoms with Gasteiger partial charge in [-0.2, -0.15) is 4.98 Å². The molecule has 0 saturated carbocycles. The fourth-order valence-corrected chi connectivity index (χ4v) is 5.86. The summed E-state index contributed by atoms with van der Waals surface area (Å²) in [6, 6.07) is 20.2. The van der Waals surface area contributed by atoms with E-state index in [1.54, 1.807) is 6.07 Å². The molecule has 2 bridgehead atoms. The lowest BCUT2D eigenvalue weighted by Crippen LogP contribution is -2.52. The second kappa shape index (κ2) is 8.71. The highest BCUT2D eigenvalue weighted by Gasteiger charge is 2.35. The molecule has 6 heteroatoms. The van der Waals surface area contributed by atoms with E-state index in [2.05, 4.69) is 34.1 Å². The molecule has 0 spiro atoms. The number of nitrogens with zero attached hydrogens (tertiary/aromatic N) is 3. The van der Waals surface area contributed by atoms with E-state index in [9.17, 15) is 4.39 Å². The van der Waals surface area contributed by atoms with Crippen molar-refractivity contribution in [3.63, 3.8) is 0 Å². The molecule has 0 aliphatic carbocycles. The van der Waals surface area contributed by atoms with Crippen molar-refractivity contribution in [3.05, 3.63) is 82.6 Å². The third kappa shape index (κ3) is 4.19. The third-order valence-electron chi connectivity index (χ3n) is 7.15. The van der Waals surface area contributed by atoms with Crippen LogP contribution in [0.15, 0.2) is 65.1 Å². The highest BCUT2D eigenvalue weighted by molar-refractivity contribution is 6.31. The number of aromatic nitrogens is 1. The zero-order valence-electron chi connectivity index (χ0n) is 19.2. The van der Waals surface area contributed by atoms with Gasteiger partial charge in [0, 0.05) is 37.7 Å². The Kier molecular flexibility index (Phi) is 5.54. The van der Waals surface area contributed by atoms with Crippen molar-refractivity contribution in [1.29, 1.82) is 0 Å². The minimum atomic E-state index is -0.156. The molecule has 1 aromatic heterocycles. The molecule has 3 aromatic carbocycles. The number of piperidine rings is 2. The minimum absolute atomic E-state index is 0.156. The number of halogens is 2. The van der Waals surface area contributed by atoms with Crippen molar-refractivity contribution < 1.29 is 8.81 Å². The van der Waals surface area contributed by atoms with Gasteiger partial charge in [-0.05, 0) is 77.8 Å². The van der Waals surface area contributed by atoms with Crippen molar-refractivity contribution in [1.82, 2.24) is 9.88 Å². The van der Waals surface area contributed by atoms with E-state index in [1.165, 1.54) is 17.5 Å². The monoisotopic (exact) mass is 475 g/mol. The quantitative estimate of drug-likeness (QED) is 0.335. The summed E-state index contributed by atoms with van der Waals surface area (Å²) in [5, 5.41) is 0.676. The van der Waals surface area contributed by atoms with Crippen LogP contribution in [0.4, 0.5) is 10.4 Å². The zero-order chi connectivity index (χ0) is 23.2. The molecule has 0 amide bonds. The fourth-order valence-electron chi connectivity index (χ4n) is 5.69. The van der Waals surface area contributed by atoms with E-state index in [4.69, 9.17) is 21.0 Å². The Morgan fingerprint density at radius 2 is 1.79 bits per heavy atom. The predicted octanol–water partition coefficient (Wildman–Crippen LogP) is 6.55. The number of anilines is 1. The lowest BCUT2D eigenvalue weighted by atomic mass is 9.84. The number of oxazole rings is 1. The molecule has 2 saturated heterocycles. The second-order valence-electron chi connectivity index (χ2n) is 9.80. The van der Waals surface area contributed by atoms with Gasteiger partial charge in [0.05, 0.1) is 0 Å². The lowest BCUT2D eigenvalue weighted by Gasteiger charge is -2.45. The molecule has 2 fully saturated rings. The van der Waals surface area contributed by atoms with E-state index in [-0.39, 0.29) is 5.82 Å². The molecule has 2 aliphatic rings. The Hall–Kier alpha value is -2.89. The zero-order valence-corrected chi connectivity index (χ0v) is 19.9. The molecule has 4 nitrogen and oxygen atoms in total. The minimum Gasteiger partial charge on any atom is -0.423 e. The standard InChI is InChI=1S/C28H27ClFN3O/c1-18-10-21(6-8-25(18)30)24-5-3-2-4-22(24)17-32-13-19-11-20(14-32)16-33(15-19)28-31-26-12-23(29)7-9-27(26)34-28/h2-10,12,19-20H,11,13-17H2,1H3. The first kappa shape index (κ1) is 21.6. The summed E-state index contributed by atoms with van der Waals surface area (Å²) in [7, 11) is 0. The van der Waals surface area contributed by atoms with Crippen LogP contribution in [-0.4, -0.2) is 36.1 Å². The summed E-state index contributed by atoms with van der Waals surface area (Å²) in [6.45, 7) is 6.73. The predicted molar refractivity (Wildman–Crippen MR) is 135 cm³/mol. The number of hydrogen-bond donors (Lipinski definition) is 0. The van der Waals surface area contributed by atoms with E-state index in [1.807, 2.05) is 37.3 Å². The Morgan fingerprint density at radius 1 is 1.00 bits per heavy atom. The normalized spacial score (nSPS) is 20.7. The lowest BCUT2D eigenvalue weighted by molar-refractivity contribution is 0.101. The number of benzene rings is 3. The first-order valence-electron chi connectivity index (χ1n) is 11.9. The molecule has 6 rings (SSSR count). The molecular formula is C28H27ClFN3O. The van der Waals surface area contributed by atoms with Gasteiger partial charge in [-0.25, -0.2) is 4.39 Å². The van der Waals surface area contributed by atoms with Crippen LogP contribution in [-0.2, 0) is 6.54 Å². The second-order valence-corrected chi connectivity index (χ2v) is 10.2. The maximum Gasteiger partial charge on any atom is 0.298 e. The van der Waals surface area contributed by atoms with Crippen LogP contribution >= 0.6 is 11.6 Å². The molecule has 2 atom stereocenters. The van der Waals surface area contributed by atoms with Crippen molar-refractivity contribution >= 4 is 28.7 Å². The van der Waals surface area contributed by atoms with Gasteiger partial charge in [-0.3, -0.25) is 4.90 Å². The van der Waals surface area contributed by atoms with Crippen LogP contribution in [0.25, 0.3) is 22.2 Å². The van der Waals surface area contributed by atoms with Crippen LogP contribution in [0.3, 0.4) is 0 Å². The fraction of sp³-hybridized carbons (Fsp3) is 0.321. The summed E-state index contributed by atoms with van der Waals surface area (Å²) < 4.78 is 19.9. The van der Waals surface area contributed by atoms with E-state index in [0.717, 1.165) is 49.4 Å². The molecule has 0 radical (unpaired) electrons. The molecule has 2 unspecified atom stereocenters. The number of aryl methyl sites for hydroxylation is 1. The van der Waals surface area contributed by atoms with Crippen LogP contribution in [0, 0.1) is 24.6 Å². The largest absolute Gasteiger partial charge is 0.423 e. The Balaban J connectivity index is 1.18. The van der Waals surface area contributed by atoms with Crippen molar-refractivity contribution in [2.45, 2.75) is 19.9 Å². The van der Waals surface area contributed by atoms with E-state index < -0.39 is 0 Å². The van der Waals surface area contributed by atoms with Crippen LogP contribution in [0.5, 0.6) is 0 Å². The third-order valence-corrected chi connectivity index (χ3v) is 7.38. The van der Waals surface area contributed by atoms with Crippen molar-refractivity contribution in [2.75, 3.05) is 31.1 Å². The molecular weight excluding hydrogens is 449 g/mol. The molecule has 2 aliphatic heterocycles. The van der Waals surface area contributed by atoms with Gasteiger partial charge in [0.1, 0.15) is 11.3 Å². The van der Waals surface area contributed by atoms with Gasteiger partial charge in [0.25, 0.3) is 6.01 Å². The number of likely N-dealkylation sites (tertiary alicyclic amines) is 1. The Bertz CT molecular complexity index is 1340. The average molecular weight is 476 g/mol. The smallest absolute Gasteiger partial charge is 0.298 e. The molecule has 34 heavy (non-hydrogen) atoms. The number of hydrogen-bond acceptors (Lipinski definition) is 4. The molecule has 174 valence electrons. The summed E-state index contributed by atoms with van der Waals surface area (Å²) in [6.07, 6.45) is 1.25. The molecule has 0 N–H and O–H groups in total. The van der Waals surface area contributed by atoms with Crippen LogP contribution in [0.2, 0.25) is 5.02 Å². The first-order chi connectivity index (χ1) is 16.5. The number of rotatable bonds is 4. The summed E-state index contributed by atoms with van der Waals surface area (Å²) in [5.74, 6) is 0.995. The summed E-state index contributed by atoms with van der Waals surface area (Å²) in [5.41, 5.74) is 5.83. The topological polar surface area (TPSA) is 32.5 Å².